The van der Waals surface area contributed by atoms with Gasteiger partial charge in [-0.2, -0.15) is 13.2 Å². The Balaban J connectivity index is 2.09. The summed E-state index contributed by atoms with van der Waals surface area (Å²) in [5.41, 5.74) is 2.54. The van der Waals surface area contributed by atoms with Crippen LogP contribution in [0.4, 0.5) is 13.2 Å². The predicted octanol–water partition coefficient (Wildman–Crippen LogP) is 2.18. The predicted molar refractivity (Wildman–Crippen MR) is 70.6 cm³/mol. The molecular weight excluding hydrogens is 299 g/mol. The topological polar surface area (TPSA) is 71.1 Å². The normalized spacial score (nSPS) is 10.9. The molecule has 114 valence electrons. The maximum Gasteiger partial charge on any atom is 0.417 e. The van der Waals surface area contributed by atoms with Gasteiger partial charge < -0.3 is 0 Å². The summed E-state index contributed by atoms with van der Waals surface area (Å²) >= 11 is 0. The Kier molecular flexibility index (Phi) is 4.40. The van der Waals surface area contributed by atoms with Gasteiger partial charge in [-0.25, -0.2) is 0 Å². The maximum atomic E-state index is 12.8. The number of hydrogen-bond acceptors (Lipinski definition) is 3. The minimum Gasteiger partial charge on any atom is -0.267 e. The first-order valence-corrected chi connectivity index (χ1v) is 6.06. The van der Waals surface area contributed by atoms with Crippen molar-refractivity contribution in [1.29, 1.82) is 0 Å². The number of pyridine rings is 1. The number of rotatable bonds is 2. The molecule has 0 aliphatic carbocycles. The van der Waals surface area contributed by atoms with Crippen LogP contribution in [-0.4, -0.2) is 16.8 Å². The molecule has 2 aromatic rings. The van der Waals surface area contributed by atoms with Crippen LogP contribution in [0.2, 0.25) is 0 Å². The molecule has 0 saturated carbocycles. The highest BCUT2D eigenvalue weighted by atomic mass is 19.4. The Bertz CT molecular complexity index is 687. The Morgan fingerprint density at radius 1 is 0.909 bits per heavy atom. The molecule has 0 saturated heterocycles. The molecule has 1 aromatic heterocycles. The molecule has 0 radical (unpaired) electrons. The van der Waals surface area contributed by atoms with Gasteiger partial charge in [0.15, 0.2) is 0 Å². The third-order valence-corrected chi connectivity index (χ3v) is 2.71. The molecule has 0 unspecified atom stereocenters. The van der Waals surface area contributed by atoms with E-state index < -0.39 is 29.1 Å². The van der Waals surface area contributed by atoms with Crippen LogP contribution in [0, 0.1) is 0 Å². The van der Waals surface area contributed by atoms with Crippen molar-refractivity contribution in [3.8, 4) is 0 Å². The number of benzene rings is 1. The fourth-order valence-corrected chi connectivity index (χ4v) is 1.68. The van der Waals surface area contributed by atoms with Crippen LogP contribution < -0.4 is 10.9 Å². The minimum absolute atomic E-state index is 0.208. The van der Waals surface area contributed by atoms with Gasteiger partial charge >= 0.3 is 6.18 Å². The molecule has 0 fully saturated rings. The van der Waals surface area contributed by atoms with Crippen LogP contribution in [-0.2, 0) is 6.18 Å². The third kappa shape index (κ3) is 3.60. The van der Waals surface area contributed by atoms with Gasteiger partial charge in [0.2, 0.25) is 0 Å². The fourth-order valence-electron chi connectivity index (χ4n) is 1.68. The molecule has 0 bridgehead atoms. The molecule has 2 N–H and O–H groups in total. The average Bonchev–Trinajstić information content (AvgIpc) is 2.52. The summed E-state index contributed by atoms with van der Waals surface area (Å²) in [6.07, 6.45) is -1.92. The largest absolute Gasteiger partial charge is 0.417 e. The molecule has 2 amide bonds. The number of nitrogens with one attached hydrogen (secondary N) is 2. The van der Waals surface area contributed by atoms with E-state index in [9.17, 15) is 22.8 Å². The Hall–Kier alpha value is -2.90. The minimum atomic E-state index is -4.66. The zero-order valence-electron chi connectivity index (χ0n) is 11.0. The molecule has 1 aromatic carbocycles. The second kappa shape index (κ2) is 6.25. The van der Waals surface area contributed by atoms with Crippen LogP contribution in [0.15, 0.2) is 48.8 Å². The molecular formula is C14H10F3N3O2. The molecule has 1 heterocycles. The lowest BCUT2D eigenvalue weighted by atomic mass is 10.1. The lowest BCUT2D eigenvalue weighted by Crippen LogP contribution is -2.42. The number of aromatic nitrogens is 1. The SMILES string of the molecule is O=C(NNC(=O)c1ccccc1C(F)(F)F)c1ccncc1. The van der Waals surface area contributed by atoms with Crippen LogP contribution in [0.25, 0.3) is 0 Å². The van der Waals surface area contributed by atoms with Crippen molar-refractivity contribution >= 4 is 11.8 Å². The summed E-state index contributed by atoms with van der Waals surface area (Å²) in [5, 5.41) is 0. The number of carbonyl (C=O) groups is 2. The van der Waals surface area contributed by atoms with E-state index in [1.54, 1.807) is 0 Å². The summed E-state index contributed by atoms with van der Waals surface area (Å²) in [5.74, 6) is -1.73. The van der Waals surface area contributed by atoms with E-state index in [0.29, 0.717) is 0 Å². The number of amides is 2. The van der Waals surface area contributed by atoms with Crippen molar-refractivity contribution in [2.45, 2.75) is 6.18 Å². The number of hydrazine groups is 1. The standard InChI is InChI=1S/C14H10F3N3O2/c15-14(16,17)11-4-2-1-3-10(11)13(22)20-19-12(21)9-5-7-18-8-6-9/h1-8H,(H,19,21)(H,20,22). The van der Waals surface area contributed by atoms with Crippen molar-refractivity contribution in [1.82, 2.24) is 15.8 Å². The fraction of sp³-hybridized carbons (Fsp3) is 0.0714. The average molecular weight is 309 g/mol. The second-order valence-electron chi connectivity index (χ2n) is 4.19. The highest BCUT2D eigenvalue weighted by Gasteiger charge is 2.34. The molecule has 0 aliphatic rings. The van der Waals surface area contributed by atoms with E-state index in [4.69, 9.17) is 0 Å². The van der Waals surface area contributed by atoms with E-state index in [-0.39, 0.29) is 5.56 Å². The zero-order chi connectivity index (χ0) is 16.2. The first kappa shape index (κ1) is 15.5. The summed E-state index contributed by atoms with van der Waals surface area (Å²) in [6, 6.07) is 7.08. The quantitative estimate of drug-likeness (QED) is 0.835. The van der Waals surface area contributed by atoms with Crippen molar-refractivity contribution in [2.75, 3.05) is 0 Å². The molecule has 0 atom stereocenters. The van der Waals surface area contributed by atoms with Gasteiger partial charge in [-0.1, -0.05) is 12.1 Å². The van der Waals surface area contributed by atoms with Crippen molar-refractivity contribution in [3.63, 3.8) is 0 Å². The molecule has 5 nitrogen and oxygen atoms in total. The lowest BCUT2D eigenvalue weighted by molar-refractivity contribution is -0.137. The van der Waals surface area contributed by atoms with E-state index >= 15 is 0 Å². The number of hydrogen-bond donors (Lipinski definition) is 2. The number of alkyl halides is 3. The highest BCUT2D eigenvalue weighted by molar-refractivity contribution is 5.99. The van der Waals surface area contributed by atoms with Gasteiger partial charge in [0, 0.05) is 18.0 Å². The van der Waals surface area contributed by atoms with Gasteiger partial charge in [-0.15, -0.1) is 0 Å². The van der Waals surface area contributed by atoms with E-state index in [2.05, 4.69) is 4.98 Å². The molecule has 0 aliphatic heterocycles. The molecule has 22 heavy (non-hydrogen) atoms. The van der Waals surface area contributed by atoms with Crippen LogP contribution >= 0.6 is 0 Å². The van der Waals surface area contributed by atoms with Crippen molar-refractivity contribution in [3.05, 3.63) is 65.5 Å². The highest BCUT2D eigenvalue weighted by Crippen LogP contribution is 2.31. The maximum absolute atomic E-state index is 12.8. The summed E-state index contributed by atoms with van der Waals surface area (Å²) in [7, 11) is 0. The first-order valence-electron chi connectivity index (χ1n) is 6.06. The van der Waals surface area contributed by atoms with Crippen LogP contribution in [0.1, 0.15) is 26.3 Å². The molecule has 0 spiro atoms. The van der Waals surface area contributed by atoms with Gasteiger partial charge in [-0.05, 0) is 24.3 Å². The second-order valence-corrected chi connectivity index (χ2v) is 4.19. The van der Waals surface area contributed by atoms with Gasteiger partial charge in [0.05, 0.1) is 11.1 Å². The lowest BCUT2D eigenvalue weighted by Gasteiger charge is -2.13. The zero-order valence-corrected chi connectivity index (χ0v) is 11.0. The molecule has 2 rings (SSSR count). The Morgan fingerprint density at radius 3 is 2.14 bits per heavy atom. The van der Waals surface area contributed by atoms with Gasteiger partial charge in [-0.3, -0.25) is 25.4 Å². The van der Waals surface area contributed by atoms with E-state index in [1.165, 1.54) is 36.7 Å². The number of nitrogens with zero attached hydrogens (tertiary/aromatic N) is 1. The van der Waals surface area contributed by atoms with Crippen LogP contribution in [0.3, 0.4) is 0 Å². The van der Waals surface area contributed by atoms with Crippen molar-refractivity contribution < 1.29 is 22.8 Å². The Labute approximate surface area is 123 Å². The number of carbonyl (C=O) groups excluding carboxylic acids is 2. The monoisotopic (exact) mass is 309 g/mol. The van der Waals surface area contributed by atoms with Crippen molar-refractivity contribution in [2.24, 2.45) is 0 Å². The summed E-state index contributed by atoms with van der Waals surface area (Å²) < 4.78 is 38.4. The van der Waals surface area contributed by atoms with Gasteiger partial charge in [0.25, 0.3) is 11.8 Å². The summed E-state index contributed by atoms with van der Waals surface area (Å²) in [6.45, 7) is 0. The smallest absolute Gasteiger partial charge is 0.267 e. The number of halogens is 3. The van der Waals surface area contributed by atoms with Gasteiger partial charge in [0.1, 0.15) is 0 Å². The summed E-state index contributed by atoms with van der Waals surface area (Å²) in [4.78, 5) is 27.2. The molecule has 8 heteroatoms. The third-order valence-electron chi connectivity index (χ3n) is 2.71. The van der Waals surface area contributed by atoms with E-state index in [1.807, 2.05) is 10.9 Å². The Morgan fingerprint density at radius 2 is 1.50 bits per heavy atom. The first-order chi connectivity index (χ1) is 10.4. The van der Waals surface area contributed by atoms with Crippen LogP contribution in [0.5, 0.6) is 0 Å². The van der Waals surface area contributed by atoms with E-state index in [0.717, 1.165) is 12.1 Å².